The zero-order valence-corrected chi connectivity index (χ0v) is 10.9. The number of hydrogen-bond donors (Lipinski definition) is 2. The maximum absolute atomic E-state index is 11.9. The highest BCUT2D eigenvalue weighted by molar-refractivity contribution is 7.92. The summed E-state index contributed by atoms with van der Waals surface area (Å²) in [5.41, 5.74) is -0.308. The van der Waals surface area contributed by atoms with Crippen LogP contribution in [0.25, 0.3) is 0 Å². The molecule has 0 atom stereocenters. The molecule has 2 rings (SSSR count). The lowest BCUT2D eigenvalue weighted by Crippen LogP contribution is -2.15. The minimum Gasteiger partial charge on any atom is -0.478 e. The van der Waals surface area contributed by atoms with Crippen LogP contribution in [-0.2, 0) is 10.0 Å². The second-order valence-electron chi connectivity index (χ2n) is 3.56. The van der Waals surface area contributed by atoms with E-state index in [1.165, 1.54) is 24.5 Å². The van der Waals surface area contributed by atoms with Crippen LogP contribution in [-0.4, -0.2) is 19.5 Å². The molecule has 100 valence electrons. The van der Waals surface area contributed by atoms with Gasteiger partial charge in [0.25, 0.3) is 10.0 Å². The zero-order valence-electron chi connectivity index (χ0n) is 9.33. The van der Waals surface area contributed by atoms with Crippen molar-refractivity contribution in [2.75, 3.05) is 4.72 Å². The van der Waals surface area contributed by atoms with E-state index in [2.05, 4.69) is 9.14 Å². The van der Waals surface area contributed by atoms with E-state index in [0.717, 1.165) is 12.3 Å². The molecule has 0 aliphatic carbocycles. The number of anilines is 1. The van der Waals surface area contributed by atoms with E-state index in [-0.39, 0.29) is 21.2 Å². The van der Waals surface area contributed by atoms with Gasteiger partial charge >= 0.3 is 5.97 Å². The fraction of sp³-hybridized carbons (Fsp3) is 0. The number of sulfonamides is 1. The average Bonchev–Trinajstić information content (AvgIpc) is 2.85. The summed E-state index contributed by atoms with van der Waals surface area (Å²) >= 11 is 5.68. The van der Waals surface area contributed by atoms with Gasteiger partial charge in [-0.25, -0.2) is 13.2 Å². The highest BCUT2D eigenvalue weighted by atomic mass is 35.5. The smallest absolute Gasteiger partial charge is 0.337 e. The topological polar surface area (TPSA) is 96.6 Å². The summed E-state index contributed by atoms with van der Waals surface area (Å²) in [4.78, 5) is 10.9. The Kier molecular flexibility index (Phi) is 3.50. The molecule has 0 amide bonds. The highest BCUT2D eigenvalue weighted by Gasteiger charge is 2.19. The van der Waals surface area contributed by atoms with Crippen LogP contribution in [0.1, 0.15) is 10.4 Å². The van der Waals surface area contributed by atoms with Crippen molar-refractivity contribution in [3.8, 4) is 0 Å². The first-order chi connectivity index (χ1) is 8.90. The molecule has 0 spiro atoms. The molecule has 1 aromatic heterocycles. The largest absolute Gasteiger partial charge is 0.478 e. The summed E-state index contributed by atoms with van der Waals surface area (Å²) in [7, 11) is -3.89. The molecule has 0 aliphatic heterocycles. The second kappa shape index (κ2) is 4.94. The molecule has 8 heteroatoms. The lowest BCUT2D eigenvalue weighted by atomic mass is 10.2. The molecule has 0 radical (unpaired) electrons. The first-order valence-corrected chi connectivity index (χ1v) is 6.84. The molecule has 2 N–H and O–H groups in total. The third-order valence-corrected chi connectivity index (χ3v) is 3.84. The Morgan fingerprint density at radius 3 is 2.63 bits per heavy atom. The van der Waals surface area contributed by atoms with Crippen molar-refractivity contribution in [3.05, 3.63) is 47.4 Å². The van der Waals surface area contributed by atoms with Crippen molar-refractivity contribution >= 4 is 33.3 Å². The normalized spacial score (nSPS) is 11.2. The number of carboxylic acids is 1. The van der Waals surface area contributed by atoms with Gasteiger partial charge in [-0.2, -0.15) is 0 Å². The zero-order chi connectivity index (χ0) is 14.0. The third-order valence-electron chi connectivity index (χ3n) is 2.26. The van der Waals surface area contributed by atoms with Crippen molar-refractivity contribution in [1.82, 2.24) is 0 Å². The number of nitrogens with one attached hydrogen (secondary N) is 1. The van der Waals surface area contributed by atoms with E-state index >= 15 is 0 Å². The second-order valence-corrected chi connectivity index (χ2v) is 5.68. The lowest BCUT2D eigenvalue weighted by molar-refractivity contribution is 0.0698. The lowest BCUT2D eigenvalue weighted by Gasteiger charge is -2.09. The van der Waals surface area contributed by atoms with Crippen LogP contribution in [0.3, 0.4) is 0 Å². The van der Waals surface area contributed by atoms with E-state index < -0.39 is 16.0 Å². The Morgan fingerprint density at radius 1 is 1.32 bits per heavy atom. The van der Waals surface area contributed by atoms with Crippen LogP contribution in [0, 0.1) is 0 Å². The molecular weight excluding hydrogens is 294 g/mol. The summed E-state index contributed by atoms with van der Waals surface area (Å²) in [6.45, 7) is 0. The number of carbonyl (C=O) groups is 1. The predicted octanol–water partition coefficient (Wildman–Crippen LogP) is 2.43. The third kappa shape index (κ3) is 2.88. The van der Waals surface area contributed by atoms with Crippen molar-refractivity contribution in [2.45, 2.75) is 4.90 Å². The van der Waals surface area contributed by atoms with Gasteiger partial charge in [0.2, 0.25) is 0 Å². The van der Waals surface area contributed by atoms with Gasteiger partial charge in [0, 0.05) is 5.02 Å². The number of hydrogen-bond acceptors (Lipinski definition) is 4. The van der Waals surface area contributed by atoms with E-state index in [9.17, 15) is 13.2 Å². The van der Waals surface area contributed by atoms with Crippen molar-refractivity contribution in [2.24, 2.45) is 0 Å². The molecule has 19 heavy (non-hydrogen) atoms. The number of furan rings is 1. The van der Waals surface area contributed by atoms with Crippen LogP contribution < -0.4 is 4.72 Å². The Bertz CT molecular complexity index is 709. The molecule has 2 aromatic rings. The summed E-state index contributed by atoms with van der Waals surface area (Å²) in [6, 6.07) is 5.08. The van der Waals surface area contributed by atoms with E-state index in [0.29, 0.717) is 0 Å². The Balaban J connectivity index is 2.42. The predicted molar refractivity (Wildman–Crippen MR) is 67.9 cm³/mol. The minimum atomic E-state index is -3.89. The summed E-state index contributed by atoms with van der Waals surface area (Å²) in [5.74, 6) is -1.28. The first kappa shape index (κ1) is 13.4. The van der Waals surface area contributed by atoms with Crippen molar-refractivity contribution < 1.29 is 22.7 Å². The fourth-order valence-electron chi connectivity index (χ4n) is 1.39. The fourth-order valence-corrected chi connectivity index (χ4v) is 2.57. The molecule has 1 heterocycles. The molecule has 0 unspecified atom stereocenters. The first-order valence-electron chi connectivity index (χ1n) is 4.98. The highest BCUT2D eigenvalue weighted by Crippen LogP contribution is 2.23. The van der Waals surface area contributed by atoms with E-state index in [1.807, 2.05) is 0 Å². The van der Waals surface area contributed by atoms with Gasteiger partial charge in [-0.15, -0.1) is 0 Å². The van der Waals surface area contributed by atoms with Gasteiger partial charge in [-0.1, -0.05) is 11.6 Å². The quantitative estimate of drug-likeness (QED) is 0.904. The molecular formula is C11H8ClNO5S. The number of rotatable bonds is 4. The number of benzene rings is 1. The Hall–Kier alpha value is -1.99. The van der Waals surface area contributed by atoms with E-state index in [1.54, 1.807) is 0 Å². The molecule has 0 saturated heterocycles. The molecule has 0 fully saturated rings. The maximum Gasteiger partial charge on any atom is 0.337 e. The van der Waals surface area contributed by atoms with Gasteiger partial charge < -0.3 is 9.52 Å². The minimum absolute atomic E-state index is 0.0712. The Labute approximate surface area is 113 Å². The van der Waals surface area contributed by atoms with Gasteiger partial charge in [0.05, 0.1) is 17.5 Å². The molecule has 6 nitrogen and oxygen atoms in total. The number of aromatic carboxylic acids is 1. The van der Waals surface area contributed by atoms with E-state index in [4.69, 9.17) is 16.7 Å². The molecule has 1 aromatic carbocycles. The Morgan fingerprint density at radius 2 is 2.05 bits per heavy atom. The van der Waals surface area contributed by atoms with Crippen molar-refractivity contribution in [3.63, 3.8) is 0 Å². The van der Waals surface area contributed by atoms with Gasteiger partial charge in [-0.3, -0.25) is 4.72 Å². The maximum atomic E-state index is 11.9. The van der Waals surface area contributed by atoms with Crippen molar-refractivity contribution in [1.29, 1.82) is 0 Å². The molecule has 0 bridgehead atoms. The number of halogens is 1. The van der Waals surface area contributed by atoms with Gasteiger partial charge in [0.1, 0.15) is 11.2 Å². The van der Waals surface area contributed by atoms with Crippen LogP contribution >= 0.6 is 11.6 Å². The molecule has 0 saturated carbocycles. The van der Waals surface area contributed by atoms with Crippen LogP contribution in [0.2, 0.25) is 5.02 Å². The monoisotopic (exact) mass is 301 g/mol. The van der Waals surface area contributed by atoms with Gasteiger partial charge in [0.15, 0.2) is 0 Å². The van der Waals surface area contributed by atoms with Gasteiger partial charge in [-0.05, 0) is 24.3 Å². The summed E-state index contributed by atoms with van der Waals surface area (Å²) in [6.07, 6.45) is 2.24. The standard InChI is InChI=1S/C11H8ClNO5S/c12-7-1-2-10(9(5-7)11(14)15)13-19(16,17)8-3-4-18-6-8/h1-6,13H,(H,14,15). The van der Waals surface area contributed by atoms with Crippen LogP contribution in [0.4, 0.5) is 5.69 Å². The van der Waals surface area contributed by atoms with Crippen LogP contribution in [0.5, 0.6) is 0 Å². The summed E-state index contributed by atoms with van der Waals surface area (Å²) < 4.78 is 30.7. The summed E-state index contributed by atoms with van der Waals surface area (Å²) in [5, 5.41) is 9.20. The SMILES string of the molecule is O=C(O)c1cc(Cl)ccc1NS(=O)(=O)c1ccoc1. The molecule has 0 aliphatic rings. The average molecular weight is 302 g/mol. The van der Waals surface area contributed by atoms with Crippen LogP contribution in [0.15, 0.2) is 46.1 Å². The number of carboxylic acid groups (broad SMARTS) is 1.